The number of fused-ring (bicyclic) bond motifs is 5. The van der Waals surface area contributed by atoms with E-state index in [9.17, 15) is 0 Å². The highest BCUT2D eigenvalue weighted by atomic mass is 14.4. The Bertz CT molecular complexity index is 859. The van der Waals surface area contributed by atoms with Crippen LogP contribution in [0.2, 0.25) is 0 Å². The minimum absolute atomic E-state index is 0.507. The van der Waals surface area contributed by atoms with Crippen molar-refractivity contribution in [3.8, 4) is 0 Å². The Labute approximate surface area is 118 Å². The van der Waals surface area contributed by atoms with Gasteiger partial charge in [0.2, 0.25) is 0 Å². The third-order valence-corrected chi connectivity index (χ3v) is 4.84. The molecule has 0 amide bonds. The average molecular weight is 254 g/mol. The molecule has 0 radical (unpaired) electrons. The number of allylic oxidation sites excluding steroid dienone is 8. The normalized spacial score (nSPS) is 25.2. The summed E-state index contributed by atoms with van der Waals surface area (Å²) in [6, 6.07) is 13.3. The van der Waals surface area contributed by atoms with Gasteiger partial charge >= 0.3 is 0 Å². The molecule has 0 heteroatoms. The van der Waals surface area contributed by atoms with Crippen molar-refractivity contribution in [1.82, 2.24) is 0 Å². The molecule has 0 aliphatic heterocycles. The predicted octanol–water partition coefficient (Wildman–Crippen LogP) is 5.00. The van der Waals surface area contributed by atoms with Gasteiger partial charge in [-0.15, -0.1) is 0 Å². The Morgan fingerprint density at radius 1 is 0.850 bits per heavy atom. The minimum atomic E-state index is 0.507. The van der Waals surface area contributed by atoms with Crippen LogP contribution in [0.25, 0.3) is 16.3 Å². The average Bonchev–Trinajstić information content (AvgIpc) is 2.85. The van der Waals surface area contributed by atoms with Crippen molar-refractivity contribution in [3.63, 3.8) is 0 Å². The first kappa shape index (κ1) is 10.4. The highest BCUT2D eigenvalue weighted by molar-refractivity contribution is 5.96. The fraction of sp³-hybridized carbons (Fsp3) is 0.100. The second-order valence-electron chi connectivity index (χ2n) is 5.78. The summed E-state index contributed by atoms with van der Waals surface area (Å²) in [5.74, 6) is 1.04. The van der Waals surface area contributed by atoms with E-state index >= 15 is 0 Å². The van der Waals surface area contributed by atoms with Crippen molar-refractivity contribution in [2.45, 2.75) is 5.92 Å². The van der Waals surface area contributed by atoms with Crippen molar-refractivity contribution < 1.29 is 0 Å². The smallest absolute Gasteiger partial charge is 0.0199 e. The molecule has 0 aromatic heterocycles. The van der Waals surface area contributed by atoms with E-state index in [4.69, 9.17) is 0 Å². The van der Waals surface area contributed by atoms with E-state index in [1.54, 1.807) is 0 Å². The molecular weight excluding hydrogens is 240 g/mol. The minimum Gasteiger partial charge on any atom is -0.0760 e. The largest absolute Gasteiger partial charge is 0.0760 e. The maximum atomic E-state index is 2.37. The summed E-state index contributed by atoms with van der Waals surface area (Å²) < 4.78 is 0. The number of rotatable bonds is 0. The Kier molecular flexibility index (Phi) is 1.88. The van der Waals surface area contributed by atoms with Gasteiger partial charge in [0.05, 0.1) is 0 Å². The summed E-state index contributed by atoms with van der Waals surface area (Å²) in [6.07, 6.45) is 13.6. The summed E-state index contributed by atoms with van der Waals surface area (Å²) in [5.41, 5.74) is 5.91. The molecule has 3 aliphatic carbocycles. The van der Waals surface area contributed by atoms with Crippen LogP contribution >= 0.6 is 0 Å². The monoisotopic (exact) mass is 254 g/mol. The second kappa shape index (κ2) is 3.61. The number of hydrogen-bond acceptors (Lipinski definition) is 0. The zero-order valence-electron chi connectivity index (χ0n) is 11.1. The Hall–Kier alpha value is -2.34. The van der Waals surface area contributed by atoms with E-state index in [-0.39, 0.29) is 0 Å². The van der Waals surface area contributed by atoms with Crippen LogP contribution < -0.4 is 0 Å². The van der Waals surface area contributed by atoms with Gasteiger partial charge in [0.15, 0.2) is 0 Å². The lowest BCUT2D eigenvalue weighted by molar-refractivity contribution is 0.725. The van der Waals surface area contributed by atoms with Crippen molar-refractivity contribution in [2.75, 3.05) is 0 Å². The Morgan fingerprint density at radius 3 is 2.80 bits per heavy atom. The summed E-state index contributed by atoms with van der Waals surface area (Å²) in [7, 11) is 0. The maximum absolute atomic E-state index is 2.37. The summed E-state index contributed by atoms with van der Waals surface area (Å²) in [6.45, 7) is 0. The van der Waals surface area contributed by atoms with Crippen molar-refractivity contribution in [3.05, 3.63) is 89.6 Å². The standard InChI is InChI=1S/C20H14/c1-2-8-15-13(5-1)11-12-17-16-9-3-6-14-7-4-10-18(19(14)16)20(15)17/h1-12,18-19H. The zero-order valence-corrected chi connectivity index (χ0v) is 11.1. The van der Waals surface area contributed by atoms with E-state index in [2.05, 4.69) is 72.9 Å². The van der Waals surface area contributed by atoms with Gasteiger partial charge in [0, 0.05) is 11.8 Å². The second-order valence-corrected chi connectivity index (χ2v) is 5.78. The molecule has 2 aromatic carbocycles. The molecule has 0 heterocycles. The van der Waals surface area contributed by atoms with E-state index in [1.807, 2.05) is 0 Å². The van der Waals surface area contributed by atoms with Crippen LogP contribution in [0, 0.1) is 5.92 Å². The highest BCUT2D eigenvalue weighted by Gasteiger charge is 2.39. The Balaban J connectivity index is 1.91. The first-order chi connectivity index (χ1) is 9.93. The molecule has 0 N–H and O–H groups in total. The quantitative estimate of drug-likeness (QED) is 0.620. The Morgan fingerprint density at radius 2 is 1.80 bits per heavy atom. The molecule has 20 heavy (non-hydrogen) atoms. The molecule has 2 unspecified atom stereocenters. The lowest BCUT2D eigenvalue weighted by Gasteiger charge is -2.25. The fourth-order valence-corrected chi connectivity index (χ4v) is 4.03. The van der Waals surface area contributed by atoms with Gasteiger partial charge in [-0.1, -0.05) is 72.9 Å². The zero-order chi connectivity index (χ0) is 13.1. The van der Waals surface area contributed by atoms with Gasteiger partial charge in [-0.25, -0.2) is 0 Å². The lowest BCUT2D eigenvalue weighted by atomic mass is 9.78. The molecule has 5 rings (SSSR count). The van der Waals surface area contributed by atoms with Gasteiger partial charge in [-0.05, 0) is 33.0 Å². The van der Waals surface area contributed by atoms with Crippen LogP contribution in [0.3, 0.4) is 0 Å². The molecular formula is C20H14. The molecule has 0 bridgehead atoms. The lowest BCUT2D eigenvalue weighted by Crippen LogP contribution is -2.11. The van der Waals surface area contributed by atoms with Crippen molar-refractivity contribution in [1.29, 1.82) is 0 Å². The highest BCUT2D eigenvalue weighted by Crippen LogP contribution is 2.54. The summed E-state index contributed by atoms with van der Waals surface area (Å²) >= 11 is 0. The topological polar surface area (TPSA) is 0 Å². The number of benzene rings is 2. The van der Waals surface area contributed by atoms with Gasteiger partial charge in [0.1, 0.15) is 0 Å². The fourth-order valence-electron chi connectivity index (χ4n) is 4.03. The first-order valence-corrected chi connectivity index (χ1v) is 7.22. The van der Waals surface area contributed by atoms with Gasteiger partial charge in [-0.3, -0.25) is 0 Å². The SMILES string of the molecule is C1=CC2=CC=CC3c4c(ccc5ccccc45)C(=C1)C23. The molecule has 0 saturated heterocycles. The van der Waals surface area contributed by atoms with Crippen LogP contribution in [0.5, 0.6) is 0 Å². The molecule has 2 atom stereocenters. The van der Waals surface area contributed by atoms with E-state index in [1.165, 1.54) is 33.0 Å². The molecule has 3 aliphatic rings. The van der Waals surface area contributed by atoms with Crippen LogP contribution in [-0.2, 0) is 0 Å². The molecule has 0 spiro atoms. The van der Waals surface area contributed by atoms with Crippen molar-refractivity contribution >= 4 is 16.3 Å². The maximum Gasteiger partial charge on any atom is 0.0199 e. The molecule has 0 saturated carbocycles. The third-order valence-electron chi connectivity index (χ3n) is 4.84. The van der Waals surface area contributed by atoms with Gasteiger partial charge < -0.3 is 0 Å². The molecule has 2 aromatic rings. The first-order valence-electron chi connectivity index (χ1n) is 7.22. The summed E-state index contributed by atoms with van der Waals surface area (Å²) in [4.78, 5) is 0. The third kappa shape index (κ3) is 1.17. The summed E-state index contributed by atoms with van der Waals surface area (Å²) in [5, 5.41) is 2.76. The van der Waals surface area contributed by atoms with E-state index in [0.717, 1.165) is 0 Å². The van der Waals surface area contributed by atoms with Crippen LogP contribution in [-0.4, -0.2) is 0 Å². The number of hydrogen-bond donors (Lipinski definition) is 0. The van der Waals surface area contributed by atoms with E-state index < -0.39 is 0 Å². The van der Waals surface area contributed by atoms with Gasteiger partial charge in [-0.2, -0.15) is 0 Å². The molecule has 0 fully saturated rings. The van der Waals surface area contributed by atoms with E-state index in [0.29, 0.717) is 11.8 Å². The molecule has 94 valence electrons. The van der Waals surface area contributed by atoms with Gasteiger partial charge in [0.25, 0.3) is 0 Å². The van der Waals surface area contributed by atoms with Crippen LogP contribution in [0.4, 0.5) is 0 Å². The van der Waals surface area contributed by atoms with Crippen LogP contribution in [0.15, 0.2) is 78.4 Å². The van der Waals surface area contributed by atoms with Crippen LogP contribution in [0.1, 0.15) is 17.0 Å². The molecule has 0 nitrogen and oxygen atoms in total. The van der Waals surface area contributed by atoms with Crippen molar-refractivity contribution in [2.24, 2.45) is 5.92 Å². The predicted molar refractivity (Wildman–Crippen MR) is 84.5 cm³/mol.